The van der Waals surface area contributed by atoms with Gasteiger partial charge in [-0.2, -0.15) is 0 Å². The summed E-state index contributed by atoms with van der Waals surface area (Å²) in [6, 6.07) is 6.74. The fraction of sp³-hybridized carbons (Fsp3) is 0.600. The van der Waals surface area contributed by atoms with E-state index in [9.17, 15) is 9.59 Å². The molecule has 1 rings (SSSR count). The number of benzene rings is 1. The van der Waals surface area contributed by atoms with Crippen LogP contribution in [0.4, 0.5) is 0 Å². The highest BCUT2D eigenvalue weighted by atomic mass is 35.5. The third kappa shape index (κ3) is 11.9. The SMILES string of the molecule is CCCCCN(CCCCC)C(=O)[C@@H](CCCCN)NC(=O)C=Cc1ccc(Cl)cc1. The molecule has 1 aromatic carbocycles. The number of nitrogens with zero attached hydrogens (tertiary/aromatic N) is 1. The predicted molar refractivity (Wildman–Crippen MR) is 131 cm³/mol. The Morgan fingerprint density at radius 2 is 1.61 bits per heavy atom. The van der Waals surface area contributed by atoms with Gasteiger partial charge in [0.25, 0.3) is 0 Å². The molecule has 31 heavy (non-hydrogen) atoms. The van der Waals surface area contributed by atoms with Crippen molar-refractivity contribution in [2.45, 2.75) is 77.7 Å². The third-order valence-corrected chi connectivity index (χ3v) is 5.49. The van der Waals surface area contributed by atoms with E-state index >= 15 is 0 Å². The molecule has 174 valence electrons. The summed E-state index contributed by atoms with van der Waals surface area (Å²) in [5.41, 5.74) is 6.51. The van der Waals surface area contributed by atoms with Gasteiger partial charge < -0.3 is 16.0 Å². The first-order valence-corrected chi connectivity index (χ1v) is 12.1. The predicted octanol–water partition coefficient (Wildman–Crippen LogP) is 5.18. The molecule has 0 aliphatic heterocycles. The molecule has 0 fully saturated rings. The molecule has 0 bridgehead atoms. The van der Waals surface area contributed by atoms with Crippen LogP contribution < -0.4 is 11.1 Å². The lowest BCUT2D eigenvalue weighted by Gasteiger charge is -2.28. The van der Waals surface area contributed by atoms with Gasteiger partial charge in [0, 0.05) is 24.2 Å². The molecular formula is C25H40ClN3O2. The van der Waals surface area contributed by atoms with Crippen LogP contribution in [0.25, 0.3) is 6.08 Å². The van der Waals surface area contributed by atoms with Crippen molar-refractivity contribution >= 4 is 29.5 Å². The minimum atomic E-state index is -0.517. The monoisotopic (exact) mass is 449 g/mol. The molecule has 6 heteroatoms. The van der Waals surface area contributed by atoms with Gasteiger partial charge in [0.2, 0.25) is 11.8 Å². The van der Waals surface area contributed by atoms with Crippen molar-refractivity contribution in [3.05, 3.63) is 40.9 Å². The first-order chi connectivity index (χ1) is 15.0. The van der Waals surface area contributed by atoms with Crippen molar-refractivity contribution in [2.75, 3.05) is 19.6 Å². The maximum absolute atomic E-state index is 13.3. The highest BCUT2D eigenvalue weighted by Gasteiger charge is 2.24. The van der Waals surface area contributed by atoms with E-state index in [1.54, 1.807) is 18.2 Å². The Bertz CT molecular complexity index is 651. The topological polar surface area (TPSA) is 75.4 Å². The minimum absolute atomic E-state index is 0.0254. The van der Waals surface area contributed by atoms with Gasteiger partial charge in [-0.15, -0.1) is 0 Å². The number of unbranched alkanes of at least 4 members (excludes halogenated alkanes) is 5. The number of nitrogens with one attached hydrogen (secondary N) is 1. The van der Waals surface area contributed by atoms with E-state index in [-0.39, 0.29) is 11.8 Å². The van der Waals surface area contributed by atoms with Gasteiger partial charge in [0.05, 0.1) is 0 Å². The zero-order chi connectivity index (χ0) is 22.9. The Labute approximate surface area is 193 Å². The van der Waals surface area contributed by atoms with Crippen molar-refractivity contribution < 1.29 is 9.59 Å². The number of hydrogen-bond donors (Lipinski definition) is 2. The lowest BCUT2D eigenvalue weighted by Crippen LogP contribution is -2.48. The van der Waals surface area contributed by atoms with Crippen LogP contribution in [0.5, 0.6) is 0 Å². The van der Waals surface area contributed by atoms with E-state index in [1.165, 1.54) is 6.08 Å². The molecule has 5 nitrogen and oxygen atoms in total. The minimum Gasteiger partial charge on any atom is -0.341 e. The van der Waals surface area contributed by atoms with Crippen molar-refractivity contribution in [3.63, 3.8) is 0 Å². The number of amides is 2. The number of carbonyl (C=O) groups excluding carboxylic acids is 2. The standard InChI is InChI=1S/C25H40ClN3O2/c1-3-5-9-19-29(20-10-6-4-2)25(31)23(11-7-8-18-27)28-24(30)17-14-21-12-15-22(26)16-13-21/h12-17,23H,3-11,18-20,27H2,1-2H3,(H,28,30)/t23-/m1/s1. The number of hydrogen-bond acceptors (Lipinski definition) is 3. The van der Waals surface area contributed by atoms with Crippen LogP contribution in [0.1, 0.15) is 77.2 Å². The second-order valence-electron chi connectivity index (χ2n) is 7.97. The van der Waals surface area contributed by atoms with Crippen molar-refractivity contribution in [2.24, 2.45) is 5.73 Å². The van der Waals surface area contributed by atoms with E-state index in [0.29, 0.717) is 18.0 Å². The summed E-state index contributed by atoms with van der Waals surface area (Å²) in [4.78, 5) is 27.8. The van der Waals surface area contributed by atoms with E-state index in [4.69, 9.17) is 17.3 Å². The van der Waals surface area contributed by atoms with Gasteiger partial charge in [-0.05, 0) is 62.4 Å². The lowest BCUT2D eigenvalue weighted by molar-refractivity contribution is -0.136. The number of halogens is 1. The molecule has 1 aromatic rings. The summed E-state index contributed by atoms with van der Waals surface area (Å²) in [6.45, 7) is 6.40. The molecule has 0 aliphatic rings. The smallest absolute Gasteiger partial charge is 0.245 e. The maximum atomic E-state index is 13.3. The Morgan fingerprint density at radius 3 is 2.16 bits per heavy atom. The average molecular weight is 450 g/mol. The number of carbonyl (C=O) groups is 2. The van der Waals surface area contributed by atoms with Crippen LogP contribution in [0.2, 0.25) is 5.02 Å². The Kier molecular flexibility index (Phi) is 14.7. The third-order valence-electron chi connectivity index (χ3n) is 5.23. The first kappa shape index (κ1) is 27.2. The zero-order valence-electron chi connectivity index (χ0n) is 19.2. The van der Waals surface area contributed by atoms with E-state index < -0.39 is 6.04 Å². The van der Waals surface area contributed by atoms with Crippen LogP contribution in [0.3, 0.4) is 0 Å². The number of nitrogens with two attached hydrogens (primary N) is 1. The molecule has 0 aliphatic carbocycles. The summed E-state index contributed by atoms with van der Waals surface area (Å²) in [5, 5.41) is 3.59. The second-order valence-corrected chi connectivity index (χ2v) is 8.41. The summed E-state index contributed by atoms with van der Waals surface area (Å²) in [5.74, 6) is -0.236. The van der Waals surface area contributed by atoms with Crippen molar-refractivity contribution in [1.82, 2.24) is 10.2 Å². The normalized spacial score (nSPS) is 12.1. The average Bonchev–Trinajstić information content (AvgIpc) is 2.77. The molecule has 0 unspecified atom stereocenters. The zero-order valence-corrected chi connectivity index (χ0v) is 20.0. The van der Waals surface area contributed by atoms with E-state index in [1.807, 2.05) is 17.0 Å². The van der Waals surface area contributed by atoms with E-state index in [0.717, 1.165) is 70.0 Å². The lowest BCUT2D eigenvalue weighted by atomic mass is 10.1. The molecule has 0 saturated heterocycles. The molecule has 0 saturated carbocycles. The number of rotatable bonds is 16. The Balaban J connectivity index is 2.82. The Hall–Kier alpha value is -1.85. The van der Waals surface area contributed by atoms with Gasteiger partial charge in [0.15, 0.2) is 0 Å². The van der Waals surface area contributed by atoms with Crippen LogP contribution in [0.15, 0.2) is 30.3 Å². The molecule has 3 N–H and O–H groups in total. The van der Waals surface area contributed by atoms with Crippen LogP contribution in [0, 0.1) is 0 Å². The summed E-state index contributed by atoms with van der Waals surface area (Å²) < 4.78 is 0. The highest BCUT2D eigenvalue weighted by molar-refractivity contribution is 6.30. The summed E-state index contributed by atoms with van der Waals surface area (Å²) in [7, 11) is 0. The van der Waals surface area contributed by atoms with Crippen LogP contribution in [-0.4, -0.2) is 42.4 Å². The van der Waals surface area contributed by atoms with E-state index in [2.05, 4.69) is 19.2 Å². The second kappa shape index (κ2) is 16.8. The van der Waals surface area contributed by atoms with Gasteiger partial charge in [-0.25, -0.2) is 0 Å². The summed E-state index contributed by atoms with van der Waals surface area (Å²) in [6.07, 6.45) is 11.9. The largest absolute Gasteiger partial charge is 0.341 e. The molecule has 0 aromatic heterocycles. The van der Waals surface area contributed by atoms with Gasteiger partial charge in [-0.3, -0.25) is 9.59 Å². The Morgan fingerprint density at radius 1 is 1.00 bits per heavy atom. The fourth-order valence-corrected chi connectivity index (χ4v) is 3.50. The van der Waals surface area contributed by atoms with Crippen LogP contribution >= 0.6 is 11.6 Å². The molecule has 1 atom stereocenters. The van der Waals surface area contributed by atoms with Crippen molar-refractivity contribution in [1.29, 1.82) is 0 Å². The van der Waals surface area contributed by atoms with Gasteiger partial charge >= 0.3 is 0 Å². The maximum Gasteiger partial charge on any atom is 0.245 e. The van der Waals surface area contributed by atoms with Gasteiger partial charge in [0.1, 0.15) is 6.04 Å². The molecule has 0 heterocycles. The fourth-order valence-electron chi connectivity index (χ4n) is 3.37. The quantitative estimate of drug-likeness (QED) is 0.270. The van der Waals surface area contributed by atoms with Gasteiger partial charge in [-0.1, -0.05) is 63.3 Å². The van der Waals surface area contributed by atoms with Crippen LogP contribution in [-0.2, 0) is 9.59 Å². The first-order valence-electron chi connectivity index (χ1n) is 11.7. The molecule has 0 radical (unpaired) electrons. The molecular weight excluding hydrogens is 410 g/mol. The summed E-state index contributed by atoms with van der Waals surface area (Å²) >= 11 is 5.90. The highest BCUT2D eigenvalue weighted by Crippen LogP contribution is 2.12. The molecule has 2 amide bonds. The molecule has 0 spiro atoms. The van der Waals surface area contributed by atoms with Crippen molar-refractivity contribution in [3.8, 4) is 0 Å².